The number of unbranched alkanes of at least 4 members (excludes halogenated alkanes) is 7. The predicted molar refractivity (Wildman–Crippen MR) is 83.2 cm³/mol. The molecule has 0 aromatic rings. The van der Waals surface area contributed by atoms with E-state index in [1.807, 2.05) is 0 Å². The van der Waals surface area contributed by atoms with Crippen LogP contribution >= 0.6 is 0 Å². The number of aliphatic carboxylic acids is 1. The van der Waals surface area contributed by atoms with Gasteiger partial charge in [0.2, 0.25) is 0 Å². The lowest BCUT2D eigenvalue weighted by atomic mass is 9.91. The number of carboxylic acids is 1. The maximum atomic E-state index is 10.6. The van der Waals surface area contributed by atoms with Gasteiger partial charge in [0.1, 0.15) is 0 Å². The Morgan fingerprint density at radius 2 is 1.45 bits per heavy atom. The Morgan fingerprint density at radius 3 is 2.00 bits per heavy atom. The number of hydrogen-bond donors (Lipinski definition) is 1. The maximum Gasteiger partial charge on any atom is 0.0414 e. The summed E-state index contributed by atoms with van der Waals surface area (Å²) in [5, 5.41) is 10.6. The van der Waals surface area contributed by atoms with Crippen LogP contribution in [0.25, 0.3) is 0 Å². The molecule has 0 amide bonds. The van der Waals surface area contributed by atoms with E-state index in [0.29, 0.717) is 5.92 Å². The van der Waals surface area contributed by atoms with Gasteiger partial charge in [0.15, 0.2) is 0 Å². The minimum absolute atomic E-state index is 0.212. The highest BCUT2D eigenvalue weighted by atomic mass is 16.4. The van der Waals surface area contributed by atoms with E-state index in [9.17, 15) is 9.90 Å². The normalized spacial score (nSPS) is 12.5. The Kier molecular flexibility index (Phi) is 14.4. The van der Waals surface area contributed by atoms with E-state index in [1.54, 1.807) is 0 Å². The van der Waals surface area contributed by atoms with E-state index in [0.717, 1.165) is 32.2 Å². The van der Waals surface area contributed by atoms with Crippen LogP contribution in [0.15, 0.2) is 0 Å². The van der Waals surface area contributed by atoms with Crippen molar-refractivity contribution in [3.63, 3.8) is 0 Å². The van der Waals surface area contributed by atoms with E-state index < -0.39 is 5.97 Å². The number of carbonyl (C=O) groups is 1. The third-order valence-electron chi connectivity index (χ3n) is 4.04. The number of carboxylic acid groups (broad SMARTS) is 1. The summed E-state index contributed by atoms with van der Waals surface area (Å²) < 4.78 is 0. The lowest BCUT2D eigenvalue weighted by molar-refractivity contribution is -0.306. The summed E-state index contributed by atoms with van der Waals surface area (Å²) in [6.45, 7) is 2.98. The third kappa shape index (κ3) is 13.9. The molecule has 0 saturated heterocycles. The van der Waals surface area contributed by atoms with Crippen LogP contribution in [0, 0.1) is 5.92 Å². The zero-order valence-electron chi connectivity index (χ0n) is 13.4. The zero-order chi connectivity index (χ0) is 15.1. The van der Waals surface area contributed by atoms with Crippen molar-refractivity contribution in [3.8, 4) is 0 Å². The minimum Gasteiger partial charge on any atom is -0.550 e. The highest BCUT2D eigenvalue weighted by Gasteiger charge is 2.08. The molecule has 3 nitrogen and oxygen atoms in total. The van der Waals surface area contributed by atoms with Gasteiger partial charge in [-0.2, -0.15) is 0 Å². The van der Waals surface area contributed by atoms with Crippen molar-refractivity contribution in [2.45, 2.75) is 90.4 Å². The Labute approximate surface area is 125 Å². The summed E-state index contributed by atoms with van der Waals surface area (Å²) in [5.41, 5.74) is 5.51. The molecule has 0 bridgehead atoms. The highest BCUT2D eigenvalue weighted by Crippen LogP contribution is 2.22. The van der Waals surface area contributed by atoms with Crippen LogP contribution in [0.5, 0.6) is 0 Å². The number of carbonyl (C=O) groups excluding carboxylic acids is 1. The molecule has 3 heteroatoms. The molecule has 1 atom stereocenters. The zero-order valence-corrected chi connectivity index (χ0v) is 13.4. The summed E-state index contributed by atoms with van der Waals surface area (Å²) >= 11 is 0. The van der Waals surface area contributed by atoms with E-state index in [-0.39, 0.29) is 6.42 Å². The molecule has 20 heavy (non-hydrogen) atoms. The molecule has 0 aliphatic heterocycles. The third-order valence-corrected chi connectivity index (χ3v) is 4.04. The first-order valence-corrected chi connectivity index (χ1v) is 8.60. The fourth-order valence-corrected chi connectivity index (χ4v) is 2.72. The first-order chi connectivity index (χ1) is 9.70. The minimum atomic E-state index is -0.909. The van der Waals surface area contributed by atoms with E-state index in [1.165, 1.54) is 51.4 Å². The Hall–Kier alpha value is -0.570. The molecule has 0 rings (SSSR count). The van der Waals surface area contributed by atoms with Gasteiger partial charge in [0, 0.05) is 5.97 Å². The van der Waals surface area contributed by atoms with Crippen LogP contribution < -0.4 is 10.8 Å². The molecule has 0 saturated carbocycles. The monoisotopic (exact) mass is 284 g/mol. The van der Waals surface area contributed by atoms with Gasteiger partial charge in [-0.1, -0.05) is 71.1 Å². The van der Waals surface area contributed by atoms with Crippen molar-refractivity contribution in [1.29, 1.82) is 0 Å². The van der Waals surface area contributed by atoms with Crippen LogP contribution in [0.4, 0.5) is 0 Å². The smallest absolute Gasteiger partial charge is 0.0414 e. The van der Waals surface area contributed by atoms with Crippen molar-refractivity contribution < 1.29 is 9.90 Å². The van der Waals surface area contributed by atoms with E-state index >= 15 is 0 Å². The van der Waals surface area contributed by atoms with Gasteiger partial charge in [0.25, 0.3) is 0 Å². The van der Waals surface area contributed by atoms with Crippen LogP contribution in [0.1, 0.15) is 90.4 Å². The number of hydrogen-bond acceptors (Lipinski definition) is 3. The van der Waals surface area contributed by atoms with Gasteiger partial charge < -0.3 is 15.6 Å². The van der Waals surface area contributed by atoms with E-state index in [2.05, 4.69) is 6.92 Å². The van der Waals surface area contributed by atoms with Crippen LogP contribution in [-0.2, 0) is 4.79 Å². The highest BCUT2D eigenvalue weighted by molar-refractivity contribution is 5.64. The van der Waals surface area contributed by atoms with Crippen molar-refractivity contribution in [3.05, 3.63) is 0 Å². The molecular formula is C17H34NO2-. The van der Waals surface area contributed by atoms with Gasteiger partial charge >= 0.3 is 0 Å². The SMILES string of the molecule is CCCCCCCCCC(CCCCN)CCC(=O)[O-]. The molecule has 0 aliphatic rings. The van der Waals surface area contributed by atoms with Crippen molar-refractivity contribution in [2.24, 2.45) is 11.7 Å². The lowest BCUT2D eigenvalue weighted by Crippen LogP contribution is -2.22. The molecule has 0 aliphatic carbocycles. The summed E-state index contributed by atoms with van der Waals surface area (Å²) in [6, 6.07) is 0. The molecule has 120 valence electrons. The molecule has 0 spiro atoms. The molecule has 1 unspecified atom stereocenters. The van der Waals surface area contributed by atoms with Crippen molar-refractivity contribution in [1.82, 2.24) is 0 Å². The van der Waals surface area contributed by atoms with Crippen molar-refractivity contribution >= 4 is 5.97 Å². The summed E-state index contributed by atoms with van der Waals surface area (Å²) in [6.07, 6.45) is 14.7. The van der Waals surface area contributed by atoms with Crippen molar-refractivity contribution in [2.75, 3.05) is 6.54 Å². The summed E-state index contributed by atoms with van der Waals surface area (Å²) in [7, 11) is 0. The Morgan fingerprint density at radius 1 is 0.900 bits per heavy atom. The fourth-order valence-electron chi connectivity index (χ4n) is 2.72. The standard InChI is InChI=1S/C17H35NO2/c1-2-3-4-5-6-7-8-11-16(12-9-10-15-18)13-14-17(19)20/h16H,2-15,18H2,1H3,(H,19,20)/p-1. The van der Waals surface area contributed by atoms with Gasteiger partial charge in [-0.15, -0.1) is 0 Å². The number of rotatable bonds is 15. The van der Waals surface area contributed by atoms with Crippen LogP contribution in [0.2, 0.25) is 0 Å². The van der Waals surface area contributed by atoms with Gasteiger partial charge in [-0.25, -0.2) is 0 Å². The molecule has 0 fully saturated rings. The second-order valence-corrected chi connectivity index (χ2v) is 5.97. The van der Waals surface area contributed by atoms with Crippen LogP contribution in [0.3, 0.4) is 0 Å². The quantitative estimate of drug-likeness (QED) is 0.469. The Balaban J connectivity index is 3.64. The largest absolute Gasteiger partial charge is 0.550 e. The summed E-state index contributed by atoms with van der Waals surface area (Å²) in [5.74, 6) is -0.358. The fraction of sp³-hybridized carbons (Fsp3) is 0.941. The number of nitrogens with two attached hydrogens (primary N) is 1. The topological polar surface area (TPSA) is 66.2 Å². The van der Waals surface area contributed by atoms with Crippen LogP contribution in [-0.4, -0.2) is 12.5 Å². The molecule has 2 N–H and O–H groups in total. The molecule has 0 aromatic heterocycles. The lowest BCUT2D eigenvalue weighted by Gasteiger charge is -2.17. The second kappa shape index (κ2) is 14.8. The first kappa shape index (κ1) is 19.4. The van der Waals surface area contributed by atoms with Gasteiger partial charge in [0.05, 0.1) is 0 Å². The summed E-state index contributed by atoms with van der Waals surface area (Å²) in [4.78, 5) is 10.6. The van der Waals surface area contributed by atoms with Gasteiger partial charge in [-0.3, -0.25) is 0 Å². The second-order valence-electron chi connectivity index (χ2n) is 5.97. The Bertz CT molecular complexity index is 219. The molecular weight excluding hydrogens is 250 g/mol. The molecule has 0 aromatic carbocycles. The average Bonchev–Trinajstić information content (AvgIpc) is 2.43. The van der Waals surface area contributed by atoms with E-state index in [4.69, 9.17) is 5.73 Å². The average molecular weight is 284 g/mol. The molecule has 0 heterocycles. The maximum absolute atomic E-state index is 10.6. The first-order valence-electron chi connectivity index (χ1n) is 8.60. The predicted octanol–water partition coefficient (Wildman–Crippen LogP) is 3.40. The molecule has 0 radical (unpaired) electrons. The van der Waals surface area contributed by atoms with Gasteiger partial charge in [-0.05, 0) is 31.7 Å².